The van der Waals surface area contributed by atoms with E-state index in [1.165, 1.54) is 6.07 Å². The van der Waals surface area contributed by atoms with Crippen LogP contribution in [0.25, 0.3) is 0 Å². The summed E-state index contributed by atoms with van der Waals surface area (Å²) in [6.45, 7) is 3.42. The first-order chi connectivity index (χ1) is 6.04. The fourth-order valence-electron chi connectivity index (χ4n) is 1.14. The molecule has 0 amide bonds. The first kappa shape index (κ1) is 10.4. The van der Waals surface area contributed by atoms with Gasteiger partial charge in [-0.15, -0.1) is 0 Å². The molecular weight excluding hydrogens is 235 g/mol. The third kappa shape index (κ3) is 2.15. The molecule has 0 fully saturated rings. The van der Waals surface area contributed by atoms with Crippen molar-refractivity contribution < 1.29 is 9.18 Å². The van der Waals surface area contributed by atoms with Crippen molar-refractivity contribution in [3.63, 3.8) is 0 Å². The molecule has 1 unspecified atom stereocenters. The first-order valence-electron chi connectivity index (χ1n) is 3.97. The van der Waals surface area contributed by atoms with Gasteiger partial charge in [0.05, 0.1) is 10.4 Å². The third-order valence-electron chi connectivity index (χ3n) is 1.83. The van der Waals surface area contributed by atoms with Gasteiger partial charge in [-0.25, -0.2) is 4.39 Å². The Morgan fingerprint density at radius 1 is 1.54 bits per heavy atom. The normalized spacial score (nSPS) is 12.6. The zero-order chi connectivity index (χ0) is 10.0. The van der Waals surface area contributed by atoms with Crippen molar-refractivity contribution in [1.82, 2.24) is 0 Å². The molecule has 0 saturated heterocycles. The van der Waals surface area contributed by atoms with Crippen LogP contribution in [0.1, 0.15) is 22.8 Å². The van der Waals surface area contributed by atoms with Crippen molar-refractivity contribution >= 4 is 21.7 Å². The van der Waals surface area contributed by atoms with Gasteiger partial charge >= 0.3 is 0 Å². The average Bonchev–Trinajstić information content (AvgIpc) is 2.03. The number of hydrogen-bond acceptors (Lipinski definition) is 1. The van der Waals surface area contributed by atoms with E-state index in [2.05, 4.69) is 15.9 Å². The molecule has 3 heteroatoms. The molecule has 1 aromatic carbocycles. The van der Waals surface area contributed by atoms with E-state index in [1.807, 2.05) is 0 Å². The van der Waals surface area contributed by atoms with Crippen molar-refractivity contribution in [3.05, 3.63) is 35.1 Å². The number of benzene rings is 1. The minimum absolute atomic E-state index is 0.187. The van der Waals surface area contributed by atoms with Gasteiger partial charge in [0.1, 0.15) is 5.82 Å². The molecular formula is C10H10BrFO. The van der Waals surface area contributed by atoms with Crippen molar-refractivity contribution in [2.75, 3.05) is 0 Å². The highest BCUT2D eigenvalue weighted by atomic mass is 79.9. The standard InChI is InChI=1S/C10H10BrFO/c1-6-4-3-5-8(12)9(6)10(13)7(2)11/h3-5,7H,1-2H3. The molecule has 1 aromatic rings. The molecule has 0 spiro atoms. The van der Waals surface area contributed by atoms with Gasteiger partial charge in [0, 0.05) is 0 Å². The predicted octanol–water partition coefficient (Wildman–Crippen LogP) is 3.10. The van der Waals surface area contributed by atoms with Gasteiger partial charge < -0.3 is 0 Å². The summed E-state index contributed by atoms with van der Waals surface area (Å²) in [5.74, 6) is -0.660. The van der Waals surface area contributed by atoms with E-state index < -0.39 is 5.82 Å². The molecule has 0 aliphatic carbocycles. The molecule has 0 aliphatic rings. The predicted molar refractivity (Wildman–Crippen MR) is 53.9 cm³/mol. The highest BCUT2D eigenvalue weighted by Gasteiger charge is 2.17. The van der Waals surface area contributed by atoms with Crippen LogP contribution < -0.4 is 0 Å². The maximum Gasteiger partial charge on any atom is 0.179 e. The number of carbonyl (C=O) groups excluding carboxylic acids is 1. The fourth-order valence-corrected chi connectivity index (χ4v) is 1.37. The van der Waals surface area contributed by atoms with Crippen LogP contribution in [-0.4, -0.2) is 10.6 Å². The molecule has 70 valence electrons. The van der Waals surface area contributed by atoms with Gasteiger partial charge in [-0.1, -0.05) is 28.1 Å². The number of Topliss-reactive ketones (excluding diaryl/α,β-unsaturated/α-hetero) is 1. The molecule has 1 nitrogen and oxygen atoms in total. The van der Waals surface area contributed by atoms with E-state index in [1.54, 1.807) is 26.0 Å². The van der Waals surface area contributed by atoms with Crippen molar-refractivity contribution in [2.24, 2.45) is 0 Å². The van der Waals surface area contributed by atoms with Gasteiger partial charge in [-0.3, -0.25) is 4.79 Å². The van der Waals surface area contributed by atoms with Crippen LogP contribution in [0.15, 0.2) is 18.2 Å². The summed E-state index contributed by atoms with van der Waals surface area (Å²) in [7, 11) is 0. The largest absolute Gasteiger partial charge is 0.293 e. The topological polar surface area (TPSA) is 17.1 Å². The number of carbonyl (C=O) groups is 1. The van der Waals surface area contributed by atoms with Crippen molar-refractivity contribution in [3.8, 4) is 0 Å². The van der Waals surface area contributed by atoms with Gasteiger partial charge in [0.15, 0.2) is 5.78 Å². The number of alkyl halides is 1. The van der Waals surface area contributed by atoms with E-state index in [9.17, 15) is 9.18 Å². The Labute approximate surface area is 85.1 Å². The lowest BCUT2D eigenvalue weighted by Gasteiger charge is -2.07. The van der Waals surface area contributed by atoms with Crippen LogP contribution in [-0.2, 0) is 0 Å². The Bertz CT molecular complexity index is 313. The van der Waals surface area contributed by atoms with E-state index in [0.29, 0.717) is 5.56 Å². The quantitative estimate of drug-likeness (QED) is 0.578. The van der Waals surface area contributed by atoms with Crippen LogP contribution in [0.5, 0.6) is 0 Å². The molecule has 0 saturated carbocycles. The monoisotopic (exact) mass is 244 g/mol. The van der Waals surface area contributed by atoms with Gasteiger partial charge in [0.25, 0.3) is 0 Å². The van der Waals surface area contributed by atoms with Crippen molar-refractivity contribution in [2.45, 2.75) is 18.7 Å². The summed E-state index contributed by atoms with van der Waals surface area (Å²) in [6.07, 6.45) is 0. The Kier molecular flexibility index (Phi) is 3.20. The van der Waals surface area contributed by atoms with Crippen LogP contribution in [0.4, 0.5) is 4.39 Å². The minimum Gasteiger partial charge on any atom is -0.293 e. The van der Waals surface area contributed by atoms with Gasteiger partial charge in [-0.2, -0.15) is 0 Å². The Hall–Kier alpha value is -0.700. The second-order valence-corrected chi connectivity index (χ2v) is 4.29. The van der Waals surface area contributed by atoms with Crippen molar-refractivity contribution in [1.29, 1.82) is 0 Å². The summed E-state index contributed by atoms with van der Waals surface area (Å²) in [4.78, 5) is 11.2. The molecule has 1 rings (SSSR count). The van der Waals surface area contributed by atoms with Crippen LogP contribution in [0.2, 0.25) is 0 Å². The molecule has 0 radical (unpaired) electrons. The molecule has 0 bridgehead atoms. The summed E-state index contributed by atoms with van der Waals surface area (Å²) in [5.41, 5.74) is 0.864. The zero-order valence-electron chi connectivity index (χ0n) is 7.47. The van der Waals surface area contributed by atoms with Crippen LogP contribution in [0.3, 0.4) is 0 Å². The number of ketones is 1. The lowest BCUT2D eigenvalue weighted by atomic mass is 10.0. The summed E-state index contributed by atoms with van der Waals surface area (Å²) < 4.78 is 13.2. The lowest BCUT2D eigenvalue weighted by molar-refractivity contribution is 0.0991. The van der Waals surface area contributed by atoms with Gasteiger partial charge in [0.2, 0.25) is 0 Å². The average molecular weight is 245 g/mol. The highest BCUT2D eigenvalue weighted by Crippen LogP contribution is 2.17. The van der Waals surface area contributed by atoms with E-state index in [0.717, 1.165) is 0 Å². The lowest BCUT2D eigenvalue weighted by Crippen LogP contribution is -2.13. The van der Waals surface area contributed by atoms with E-state index >= 15 is 0 Å². The molecule has 13 heavy (non-hydrogen) atoms. The SMILES string of the molecule is Cc1cccc(F)c1C(=O)C(C)Br. The summed E-state index contributed by atoms with van der Waals surface area (Å²) in [5, 5.41) is 0. The second kappa shape index (κ2) is 4.01. The highest BCUT2D eigenvalue weighted by molar-refractivity contribution is 9.10. The third-order valence-corrected chi connectivity index (χ3v) is 2.25. The van der Waals surface area contributed by atoms with Crippen LogP contribution >= 0.6 is 15.9 Å². The molecule has 0 aromatic heterocycles. The van der Waals surface area contributed by atoms with Gasteiger partial charge in [-0.05, 0) is 25.5 Å². The van der Waals surface area contributed by atoms with Crippen LogP contribution in [0, 0.1) is 12.7 Å². The zero-order valence-corrected chi connectivity index (χ0v) is 9.06. The Balaban J connectivity index is 3.20. The molecule has 0 aliphatic heterocycles. The Morgan fingerprint density at radius 2 is 2.15 bits per heavy atom. The Morgan fingerprint density at radius 3 is 2.62 bits per heavy atom. The number of rotatable bonds is 2. The van der Waals surface area contributed by atoms with E-state index in [-0.39, 0.29) is 16.2 Å². The second-order valence-electron chi connectivity index (χ2n) is 2.91. The number of hydrogen-bond donors (Lipinski definition) is 0. The maximum absolute atomic E-state index is 13.2. The number of halogens is 2. The fraction of sp³-hybridized carbons (Fsp3) is 0.300. The molecule has 0 N–H and O–H groups in total. The summed E-state index contributed by atoms with van der Waals surface area (Å²) in [6, 6.07) is 4.63. The first-order valence-corrected chi connectivity index (χ1v) is 4.89. The summed E-state index contributed by atoms with van der Waals surface area (Å²) >= 11 is 3.13. The minimum atomic E-state index is -0.448. The maximum atomic E-state index is 13.2. The molecule has 0 heterocycles. The number of aryl methyl sites for hydroxylation is 1. The smallest absolute Gasteiger partial charge is 0.179 e. The molecule has 1 atom stereocenters. The van der Waals surface area contributed by atoms with E-state index in [4.69, 9.17) is 0 Å².